The van der Waals surface area contributed by atoms with Crippen LogP contribution < -0.4 is 9.64 Å². The van der Waals surface area contributed by atoms with E-state index in [4.69, 9.17) is 26.4 Å². The van der Waals surface area contributed by atoms with Gasteiger partial charge in [0.15, 0.2) is 10.2 Å². The number of thiophene rings is 1. The highest BCUT2D eigenvalue weighted by atomic mass is 35.5. The van der Waals surface area contributed by atoms with Crippen LogP contribution in [-0.2, 0) is 0 Å². The fourth-order valence-electron chi connectivity index (χ4n) is 3.27. The molecule has 1 aliphatic rings. The summed E-state index contributed by atoms with van der Waals surface area (Å²) in [4.78, 5) is 18.3. The number of carbonyl (C=O) groups is 1. The molecule has 0 unspecified atom stereocenters. The van der Waals surface area contributed by atoms with E-state index in [2.05, 4.69) is 4.90 Å². The molecular weight excluding hydrogens is 404 g/mol. The van der Waals surface area contributed by atoms with Crippen LogP contribution in [0.25, 0.3) is 10.2 Å². The lowest BCUT2D eigenvalue weighted by molar-refractivity contribution is 0.0702. The number of hydrogen-bond acceptors (Lipinski definition) is 6. The molecule has 5 nitrogen and oxygen atoms in total. The molecule has 4 rings (SSSR count). The van der Waals surface area contributed by atoms with Gasteiger partial charge in [0, 0.05) is 18.1 Å². The third-order valence-electron chi connectivity index (χ3n) is 4.79. The predicted octanol–water partition coefficient (Wildman–Crippen LogP) is 5.39. The Morgan fingerprint density at radius 3 is 2.81 bits per heavy atom. The highest BCUT2D eigenvalue weighted by Crippen LogP contribution is 2.33. The van der Waals surface area contributed by atoms with Crippen molar-refractivity contribution in [3.8, 4) is 5.06 Å². The highest BCUT2D eigenvalue weighted by molar-refractivity contribution is 7.22. The van der Waals surface area contributed by atoms with Gasteiger partial charge in [0.2, 0.25) is 0 Å². The molecule has 1 aliphatic heterocycles. The SMILES string of the molecule is O=C(O)c1ccc(OCCC2CCN(c3nc4ccc(Cl)cc4s3)CC2)s1. The van der Waals surface area contributed by atoms with Crippen molar-refractivity contribution in [1.29, 1.82) is 0 Å². The number of rotatable bonds is 6. The minimum absolute atomic E-state index is 0.315. The summed E-state index contributed by atoms with van der Waals surface area (Å²) in [5.74, 6) is -0.275. The van der Waals surface area contributed by atoms with Crippen molar-refractivity contribution in [2.45, 2.75) is 19.3 Å². The van der Waals surface area contributed by atoms with E-state index in [0.717, 1.165) is 52.7 Å². The first kappa shape index (κ1) is 18.5. The lowest BCUT2D eigenvalue weighted by Gasteiger charge is -2.31. The Bertz CT molecular complexity index is 947. The molecule has 0 radical (unpaired) electrons. The maximum absolute atomic E-state index is 10.9. The molecule has 8 heteroatoms. The van der Waals surface area contributed by atoms with Crippen LogP contribution in [0.5, 0.6) is 5.06 Å². The lowest BCUT2D eigenvalue weighted by atomic mass is 9.94. The zero-order valence-corrected chi connectivity index (χ0v) is 16.9. The van der Waals surface area contributed by atoms with E-state index in [0.29, 0.717) is 22.5 Å². The van der Waals surface area contributed by atoms with Gasteiger partial charge in [-0.1, -0.05) is 34.3 Å². The number of ether oxygens (including phenoxy) is 1. The third kappa shape index (κ3) is 4.36. The van der Waals surface area contributed by atoms with Crippen molar-refractivity contribution in [3.63, 3.8) is 0 Å². The van der Waals surface area contributed by atoms with E-state index in [1.54, 1.807) is 23.5 Å². The molecule has 1 N–H and O–H groups in total. The number of carboxylic acids is 1. The number of fused-ring (bicyclic) bond motifs is 1. The summed E-state index contributed by atoms with van der Waals surface area (Å²) in [5, 5.41) is 11.4. The van der Waals surface area contributed by atoms with Gasteiger partial charge in [-0.15, -0.1) is 0 Å². The van der Waals surface area contributed by atoms with E-state index < -0.39 is 5.97 Å². The summed E-state index contributed by atoms with van der Waals surface area (Å²) in [6.07, 6.45) is 3.22. The van der Waals surface area contributed by atoms with Crippen molar-refractivity contribution in [2.24, 2.45) is 5.92 Å². The fraction of sp³-hybridized carbons (Fsp3) is 0.368. The van der Waals surface area contributed by atoms with Gasteiger partial charge in [-0.3, -0.25) is 0 Å². The van der Waals surface area contributed by atoms with E-state index in [1.807, 2.05) is 18.2 Å². The molecule has 1 aromatic carbocycles. The average molecular weight is 423 g/mol. The first-order valence-electron chi connectivity index (χ1n) is 8.85. The standard InChI is InChI=1S/C19H19ClN2O3S2/c20-13-1-2-14-16(11-13)27-19(21-14)22-8-5-12(6-9-22)7-10-25-17-4-3-15(26-17)18(23)24/h1-4,11-12H,5-10H2,(H,23,24). The number of piperidine rings is 1. The molecule has 2 aromatic heterocycles. The first-order chi connectivity index (χ1) is 13.1. The number of aromatic carboxylic acids is 1. The Labute approximate surface area is 170 Å². The minimum atomic E-state index is -0.903. The van der Waals surface area contributed by atoms with Gasteiger partial charge in [-0.2, -0.15) is 0 Å². The van der Waals surface area contributed by atoms with Crippen LogP contribution >= 0.6 is 34.3 Å². The van der Waals surface area contributed by atoms with Gasteiger partial charge in [0.1, 0.15) is 4.88 Å². The second-order valence-electron chi connectivity index (χ2n) is 6.60. The first-order valence-corrected chi connectivity index (χ1v) is 10.9. The maximum atomic E-state index is 10.9. The van der Waals surface area contributed by atoms with Crippen LogP contribution in [0.3, 0.4) is 0 Å². The fourth-order valence-corrected chi connectivity index (χ4v) is 5.29. The Morgan fingerprint density at radius 2 is 2.07 bits per heavy atom. The van der Waals surface area contributed by atoms with E-state index in [1.165, 1.54) is 11.3 Å². The van der Waals surface area contributed by atoms with Crippen molar-refractivity contribution in [3.05, 3.63) is 40.2 Å². The molecule has 142 valence electrons. The van der Waals surface area contributed by atoms with Gasteiger partial charge >= 0.3 is 5.97 Å². The molecule has 1 saturated heterocycles. The Morgan fingerprint density at radius 1 is 1.26 bits per heavy atom. The smallest absolute Gasteiger partial charge is 0.345 e. The molecule has 3 heterocycles. The number of carboxylic acid groups (broad SMARTS) is 1. The quantitative estimate of drug-likeness (QED) is 0.576. The second-order valence-corrected chi connectivity index (χ2v) is 9.09. The van der Waals surface area contributed by atoms with E-state index in [-0.39, 0.29) is 0 Å². The second kappa shape index (κ2) is 8.04. The summed E-state index contributed by atoms with van der Waals surface area (Å²) in [6, 6.07) is 9.15. The molecule has 27 heavy (non-hydrogen) atoms. The summed E-state index contributed by atoms with van der Waals surface area (Å²) in [7, 11) is 0. The van der Waals surface area contributed by atoms with Crippen molar-refractivity contribution < 1.29 is 14.6 Å². The Balaban J connectivity index is 1.26. The Kier molecular flexibility index (Phi) is 5.52. The van der Waals surface area contributed by atoms with Crippen molar-refractivity contribution in [1.82, 2.24) is 4.98 Å². The molecule has 0 bridgehead atoms. The van der Waals surface area contributed by atoms with Crippen LogP contribution in [0.4, 0.5) is 5.13 Å². The third-order valence-corrected chi connectivity index (χ3v) is 7.09. The zero-order valence-electron chi connectivity index (χ0n) is 14.6. The van der Waals surface area contributed by atoms with Crippen LogP contribution in [0, 0.1) is 5.92 Å². The summed E-state index contributed by atoms with van der Waals surface area (Å²) >= 11 is 8.95. The van der Waals surface area contributed by atoms with Crippen LogP contribution in [-0.4, -0.2) is 35.8 Å². The summed E-state index contributed by atoms with van der Waals surface area (Å²) in [5.41, 5.74) is 1.01. The summed E-state index contributed by atoms with van der Waals surface area (Å²) in [6.45, 7) is 2.63. The van der Waals surface area contributed by atoms with Gasteiger partial charge in [0.25, 0.3) is 0 Å². The van der Waals surface area contributed by atoms with Crippen LogP contribution in [0.1, 0.15) is 28.9 Å². The van der Waals surface area contributed by atoms with Gasteiger partial charge in [-0.25, -0.2) is 9.78 Å². The number of anilines is 1. The highest BCUT2D eigenvalue weighted by Gasteiger charge is 2.22. The van der Waals surface area contributed by atoms with Gasteiger partial charge < -0.3 is 14.7 Å². The maximum Gasteiger partial charge on any atom is 0.345 e. The normalized spacial score (nSPS) is 15.4. The van der Waals surface area contributed by atoms with E-state index in [9.17, 15) is 4.79 Å². The van der Waals surface area contributed by atoms with Crippen molar-refractivity contribution >= 4 is 55.6 Å². The molecule has 0 saturated carbocycles. The monoisotopic (exact) mass is 422 g/mol. The molecule has 0 aliphatic carbocycles. The number of thiazole rings is 1. The van der Waals surface area contributed by atoms with E-state index >= 15 is 0 Å². The van der Waals surface area contributed by atoms with Crippen molar-refractivity contribution in [2.75, 3.05) is 24.6 Å². The minimum Gasteiger partial charge on any atom is -0.484 e. The largest absolute Gasteiger partial charge is 0.484 e. The number of hydrogen-bond donors (Lipinski definition) is 1. The molecule has 0 amide bonds. The van der Waals surface area contributed by atoms with Crippen LogP contribution in [0.2, 0.25) is 5.02 Å². The van der Waals surface area contributed by atoms with Gasteiger partial charge in [-0.05, 0) is 55.5 Å². The number of aromatic nitrogens is 1. The molecular formula is C19H19ClN2O3S2. The number of benzene rings is 1. The number of halogens is 1. The topological polar surface area (TPSA) is 62.7 Å². The molecule has 0 spiro atoms. The average Bonchev–Trinajstić information content (AvgIpc) is 3.29. The Hall–Kier alpha value is -1.83. The lowest BCUT2D eigenvalue weighted by Crippen LogP contribution is -2.34. The predicted molar refractivity (Wildman–Crippen MR) is 111 cm³/mol. The van der Waals surface area contributed by atoms with Gasteiger partial charge in [0.05, 0.1) is 16.8 Å². The molecule has 1 fully saturated rings. The molecule has 0 atom stereocenters. The van der Waals surface area contributed by atoms with Crippen LogP contribution in [0.15, 0.2) is 30.3 Å². The molecule has 3 aromatic rings. The summed E-state index contributed by atoms with van der Waals surface area (Å²) < 4.78 is 6.85. The number of nitrogens with zero attached hydrogens (tertiary/aromatic N) is 2. The zero-order chi connectivity index (χ0) is 18.8.